The van der Waals surface area contributed by atoms with Gasteiger partial charge in [0.05, 0.1) is 10.5 Å². The van der Waals surface area contributed by atoms with Crippen LogP contribution >= 0.6 is 0 Å². The molecule has 19 heavy (non-hydrogen) atoms. The Morgan fingerprint density at radius 2 is 2.05 bits per heavy atom. The van der Waals surface area contributed by atoms with Gasteiger partial charge in [0, 0.05) is 23.6 Å². The maximum absolute atomic E-state index is 10.9. The van der Waals surface area contributed by atoms with E-state index in [2.05, 4.69) is 10.3 Å². The molecular formula is C12H9N5O2. The predicted molar refractivity (Wildman–Crippen MR) is 69.7 cm³/mol. The predicted octanol–water partition coefficient (Wildman–Crippen LogP) is 2.19. The molecule has 0 atom stereocenters. The maximum atomic E-state index is 10.9. The molecule has 1 heterocycles. The summed E-state index contributed by atoms with van der Waals surface area (Å²) in [6, 6.07) is 9.67. The smallest absolute Gasteiger partial charge is 0.313 e. The van der Waals surface area contributed by atoms with Crippen LogP contribution in [0.25, 0.3) is 0 Å². The highest BCUT2D eigenvalue weighted by Crippen LogP contribution is 2.26. The fourth-order valence-corrected chi connectivity index (χ4v) is 1.45. The number of benzene rings is 1. The third kappa shape index (κ3) is 2.76. The number of nitrogen functional groups attached to an aromatic ring is 1. The monoisotopic (exact) mass is 255 g/mol. The Labute approximate surface area is 108 Å². The molecule has 0 fully saturated rings. The minimum Gasteiger partial charge on any atom is -0.399 e. The zero-order chi connectivity index (χ0) is 13.8. The number of nitriles is 1. The third-order valence-corrected chi connectivity index (χ3v) is 2.37. The van der Waals surface area contributed by atoms with Gasteiger partial charge >= 0.3 is 5.69 Å². The molecule has 0 aliphatic carbocycles. The summed E-state index contributed by atoms with van der Waals surface area (Å²) in [6.45, 7) is 0. The summed E-state index contributed by atoms with van der Waals surface area (Å²) in [5.41, 5.74) is 6.64. The first-order valence-electron chi connectivity index (χ1n) is 5.27. The Balaban J connectivity index is 2.37. The number of pyridine rings is 1. The summed E-state index contributed by atoms with van der Waals surface area (Å²) in [7, 11) is 0. The highest BCUT2D eigenvalue weighted by molar-refractivity contribution is 5.67. The van der Waals surface area contributed by atoms with Gasteiger partial charge in [0.2, 0.25) is 5.82 Å². The van der Waals surface area contributed by atoms with Gasteiger partial charge in [0.25, 0.3) is 0 Å². The van der Waals surface area contributed by atoms with Crippen LogP contribution in [-0.2, 0) is 0 Å². The lowest BCUT2D eigenvalue weighted by molar-refractivity contribution is -0.384. The molecule has 0 radical (unpaired) electrons. The zero-order valence-corrected chi connectivity index (χ0v) is 9.70. The van der Waals surface area contributed by atoms with Gasteiger partial charge in [0.15, 0.2) is 0 Å². The Hall–Kier alpha value is -3.14. The van der Waals surface area contributed by atoms with E-state index in [1.54, 1.807) is 24.3 Å². The van der Waals surface area contributed by atoms with Crippen molar-refractivity contribution < 1.29 is 4.92 Å². The average molecular weight is 255 g/mol. The highest BCUT2D eigenvalue weighted by atomic mass is 16.6. The molecule has 0 saturated carbocycles. The summed E-state index contributed by atoms with van der Waals surface area (Å²) in [5.74, 6) is 0.0776. The molecule has 0 unspecified atom stereocenters. The van der Waals surface area contributed by atoms with E-state index in [1.807, 2.05) is 6.07 Å². The molecule has 0 aliphatic heterocycles. The maximum Gasteiger partial charge on any atom is 0.313 e. The Morgan fingerprint density at radius 1 is 1.37 bits per heavy atom. The van der Waals surface area contributed by atoms with Gasteiger partial charge in [-0.2, -0.15) is 5.26 Å². The Morgan fingerprint density at radius 3 is 2.63 bits per heavy atom. The second-order valence-electron chi connectivity index (χ2n) is 3.71. The fraction of sp³-hybridized carbons (Fsp3) is 0. The fourth-order valence-electron chi connectivity index (χ4n) is 1.45. The molecular weight excluding hydrogens is 246 g/mol. The first kappa shape index (κ1) is 12.3. The van der Waals surface area contributed by atoms with Gasteiger partial charge in [-0.1, -0.05) is 0 Å². The molecule has 7 nitrogen and oxygen atoms in total. The second kappa shape index (κ2) is 5.01. The van der Waals surface area contributed by atoms with E-state index in [0.29, 0.717) is 11.4 Å². The largest absolute Gasteiger partial charge is 0.399 e. The van der Waals surface area contributed by atoms with Crippen LogP contribution in [0.15, 0.2) is 36.5 Å². The van der Waals surface area contributed by atoms with Crippen LogP contribution in [0.4, 0.5) is 22.9 Å². The summed E-state index contributed by atoms with van der Waals surface area (Å²) >= 11 is 0. The third-order valence-electron chi connectivity index (χ3n) is 2.37. The van der Waals surface area contributed by atoms with Crippen LogP contribution < -0.4 is 11.1 Å². The molecule has 0 spiro atoms. The van der Waals surface area contributed by atoms with Gasteiger partial charge in [0.1, 0.15) is 6.07 Å². The molecule has 2 aromatic rings. The zero-order valence-electron chi connectivity index (χ0n) is 9.70. The molecule has 2 rings (SSSR count). The Kier molecular flexibility index (Phi) is 3.25. The lowest BCUT2D eigenvalue weighted by Crippen LogP contribution is -2.00. The van der Waals surface area contributed by atoms with Crippen molar-refractivity contribution in [2.24, 2.45) is 0 Å². The quantitative estimate of drug-likeness (QED) is 0.493. The van der Waals surface area contributed by atoms with Gasteiger partial charge in [-0.25, -0.2) is 4.98 Å². The molecule has 3 N–H and O–H groups in total. The van der Waals surface area contributed by atoms with Crippen LogP contribution in [0.1, 0.15) is 5.56 Å². The number of hydrogen-bond acceptors (Lipinski definition) is 6. The van der Waals surface area contributed by atoms with E-state index >= 15 is 0 Å². The second-order valence-corrected chi connectivity index (χ2v) is 3.71. The molecule has 94 valence electrons. The summed E-state index contributed by atoms with van der Waals surface area (Å²) in [4.78, 5) is 14.2. The van der Waals surface area contributed by atoms with E-state index in [0.717, 1.165) is 0 Å². The minimum atomic E-state index is -0.590. The number of nitrogens with zero attached hydrogens (tertiary/aromatic N) is 3. The van der Waals surface area contributed by atoms with Crippen LogP contribution in [0.2, 0.25) is 0 Å². The van der Waals surface area contributed by atoms with Crippen molar-refractivity contribution in [3.05, 3.63) is 52.2 Å². The minimum absolute atomic E-state index is 0.0776. The normalized spacial score (nSPS) is 9.63. The number of anilines is 3. The van der Waals surface area contributed by atoms with Gasteiger partial charge in [-0.05, 0) is 24.3 Å². The van der Waals surface area contributed by atoms with Crippen molar-refractivity contribution >= 4 is 22.9 Å². The number of nitrogens with two attached hydrogens (primary N) is 1. The van der Waals surface area contributed by atoms with E-state index < -0.39 is 4.92 Å². The van der Waals surface area contributed by atoms with Crippen molar-refractivity contribution in [2.75, 3.05) is 11.1 Å². The SMILES string of the molecule is N#Cc1cnc(Nc2ccc(N)cc2)c([N+](=O)[O-])c1. The first-order chi connectivity index (χ1) is 9.10. The summed E-state index contributed by atoms with van der Waals surface area (Å²) < 4.78 is 0. The summed E-state index contributed by atoms with van der Waals surface area (Å²) in [5, 5.41) is 22.5. The lowest BCUT2D eigenvalue weighted by Gasteiger charge is -2.06. The van der Waals surface area contributed by atoms with Crippen molar-refractivity contribution in [2.45, 2.75) is 0 Å². The van der Waals surface area contributed by atoms with Crippen molar-refractivity contribution in [1.29, 1.82) is 5.26 Å². The molecule has 0 bridgehead atoms. The molecule has 1 aromatic carbocycles. The van der Waals surface area contributed by atoms with Crippen molar-refractivity contribution in [3.8, 4) is 6.07 Å². The van der Waals surface area contributed by atoms with E-state index in [-0.39, 0.29) is 17.1 Å². The Bertz CT molecular complexity index is 661. The van der Waals surface area contributed by atoms with E-state index in [9.17, 15) is 10.1 Å². The van der Waals surface area contributed by atoms with E-state index in [4.69, 9.17) is 11.0 Å². The van der Waals surface area contributed by atoms with Crippen molar-refractivity contribution in [3.63, 3.8) is 0 Å². The molecule has 7 heteroatoms. The molecule has 0 saturated heterocycles. The number of rotatable bonds is 3. The van der Waals surface area contributed by atoms with Gasteiger partial charge in [-0.15, -0.1) is 0 Å². The van der Waals surface area contributed by atoms with E-state index in [1.165, 1.54) is 12.3 Å². The van der Waals surface area contributed by atoms with Crippen LogP contribution in [0.5, 0.6) is 0 Å². The molecule has 0 aliphatic rings. The highest BCUT2D eigenvalue weighted by Gasteiger charge is 2.16. The first-order valence-corrected chi connectivity index (χ1v) is 5.27. The number of hydrogen-bond donors (Lipinski definition) is 2. The standard InChI is InChI=1S/C12H9N5O2/c13-6-8-5-11(17(18)19)12(15-7-8)16-10-3-1-9(14)2-4-10/h1-5,7H,14H2,(H,15,16). The van der Waals surface area contributed by atoms with Crippen LogP contribution in [0, 0.1) is 21.4 Å². The number of nitrogens with one attached hydrogen (secondary N) is 1. The van der Waals surface area contributed by atoms with Gasteiger partial charge in [-0.3, -0.25) is 10.1 Å². The molecule has 1 aromatic heterocycles. The van der Waals surface area contributed by atoms with Crippen LogP contribution in [-0.4, -0.2) is 9.91 Å². The van der Waals surface area contributed by atoms with Crippen LogP contribution in [0.3, 0.4) is 0 Å². The average Bonchev–Trinajstić information content (AvgIpc) is 2.41. The van der Waals surface area contributed by atoms with Crippen molar-refractivity contribution in [1.82, 2.24) is 4.98 Å². The van der Waals surface area contributed by atoms with Gasteiger partial charge < -0.3 is 11.1 Å². The lowest BCUT2D eigenvalue weighted by atomic mass is 10.2. The summed E-state index contributed by atoms with van der Waals surface area (Å²) in [6.07, 6.45) is 1.27. The topological polar surface area (TPSA) is 118 Å². The number of aromatic nitrogens is 1. The number of nitro groups is 1. The molecule has 0 amide bonds.